The molecule has 2 heterocycles. The summed E-state index contributed by atoms with van der Waals surface area (Å²) in [7, 11) is 0. The van der Waals surface area contributed by atoms with Gasteiger partial charge in [0, 0.05) is 13.1 Å². The molecule has 1 aromatic carbocycles. The van der Waals surface area contributed by atoms with Gasteiger partial charge in [0.2, 0.25) is 0 Å². The van der Waals surface area contributed by atoms with E-state index in [1.54, 1.807) is 23.9 Å². The number of halogens is 1. The number of aryl methyl sites for hydroxylation is 1. The van der Waals surface area contributed by atoms with Crippen LogP contribution >= 0.6 is 11.8 Å². The number of aromatic nitrogens is 1. The van der Waals surface area contributed by atoms with E-state index in [2.05, 4.69) is 15.2 Å². The molecule has 5 nitrogen and oxygen atoms in total. The van der Waals surface area contributed by atoms with Gasteiger partial charge < -0.3 is 15.0 Å². The summed E-state index contributed by atoms with van der Waals surface area (Å²) in [6, 6.07) is 8.15. The maximum absolute atomic E-state index is 13.3. The van der Waals surface area contributed by atoms with E-state index in [1.807, 2.05) is 19.9 Å². The number of hydrogen-bond acceptors (Lipinski definition) is 5. The summed E-state index contributed by atoms with van der Waals surface area (Å²) in [6.07, 6.45) is 0. The van der Waals surface area contributed by atoms with Crippen LogP contribution in [0.15, 0.2) is 35.4 Å². The number of anilines is 1. The third-order valence-electron chi connectivity index (χ3n) is 4.10. The molecule has 0 aliphatic carbocycles. The number of carbonyl (C=O) groups excluding carboxylic acids is 1. The molecule has 7 heteroatoms. The van der Waals surface area contributed by atoms with E-state index in [0.717, 1.165) is 29.2 Å². The number of ether oxygens (including phenoxy) is 1. The van der Waals surface area contributed by atoms with E-state index in [4.69, 9.17) is 4.74 Å². The Labute approximate surface area is 156 Å². The molecule has 1 fully saturated rings. The van der Waals surface area contributed by atoms with Crippen LogP contribution in [-0.4, -0.2) is 36.5 Å². The minimum Gasteiger partial charge on any atom is -0.359 e. The summed E-state index contributed by atoms with van der Waals surface area (Å²) in [5.41, 5.74) is 2.17. The van der Waals surface area contributed by atoms with E-state index >= 15 is 0 Å². The van der Waals surface area contributed by atoms with E-state index < -0.39 is 0 Å². The largest absolute Gasteiger partial charge is 0.359 e. The lowest BCUT2D eigenvalue weighted by Crippen LogP contribution is -2.26. The molecule has 1 aromatic heterocycles. The van der Waals surface area contributed by atoms with Crippen LogP contribution in [0.1, 0.15) is 28.4 Å². The lowest BCUT2D eigenvalue weighted by atomic mass is 10.1. The highest BCUT2D eigenvalue weighted by atomic mass is 32.2. The molecule has 0 spiro atoms. The fourth-order valence-electron chi connectivity index (χ4n) is 2.82. The van der Waals surface area contributed by atoms with Gasteiger partial charge in [0.25, 0.3) is 5.91 Å². The number of carbonyl (C=O) groups is 1. The number of amides is 1. The SMILES string of the molecule is CCSc1nc(N2CCOC2)cc(C)c1C(=O)NCc1cccc(F)c1. The van der Waals surface area contributed by atoms with Gasteiger partial charge in [-0.3, -0.25) is 4.79 Å². The van der Waals surface area contributed by atoms with E-state index in [9.17, 15) is 9.18 Å². The first-order valence-electron chi connectivity index (χ1n) is 8.58. The van der Waals surface area contributed by atoms with E-state index in [0.29, 0.717) is 23.9 Å². The smallest absolute Gasteiger partial charge is 0.254 e. The molecule has 1 N–H and O–H groups in total. The molecule has 138 valence electrons. The number of thioether (sulfide) groups is 1. The van der Waals surface area contributed by atoms with Gasteiger partial charge in [0.1, 0.15) is 23.4 Å². The minimum absolute atomic E-state index is 0.195. The van der Waals surface area contributed by atoms with Crippen molar-refractivity contribution in [1.82, 2.24) is 10.3 Å². The molecule has 1 aliphatic rings. The van der Waals surface area contributed by atoms with Gasteiger partial charge in [-0.2, -0.15) is 0 Å². The summed E-state index contributed by atoms with van der Waals surface area (Å²) >= 11 is 1.54. The maximum atomic E-state index is 13.3. The van der Waals surface area contributed by atoms with Crippen molar-refractivity contribution in [1.29, 1.82) is 0 Å². The molecule has 0 atom stereocenters. The van der Waals surface area contributed by atoms with Crippen LogP contribution < -0.4 is 10.2 Å². The molecule has 0 unspecified atom stereocenters. The number of pyridine rings is 1. The van der Waals surface area contributed by atoms with Gasteiger partial charge in [-0.1, -0.05) is 19.1 Å². The van der Waals surface area contributed by atoms with E-state index in [-0.39, 0.29) is 18.3 Å². The first-order chi connectivity index (χ1) is 12.6. The van der Waals surface area contributed by atoms with Crippen LogP contribution in [0.3, 0.4) is 0 Å². The van der Waals surface area contributed by atoms with Crippen molar-refractivity contribution < 1.29 is 13.9 Å². The number of benzene rings is 1. The zero-order chi connectivity index (χ0) is 18.5. The lowest BCUT2D eigenvalue weighted by molar-refractivity contribution is 0.0946. The van der Waals surface area contributed by atoms with Crippen molar-refractivity contribution >= 4 is 23.5 Å². The minimum atomic E-state index is -0.311. The molecule has 26 heavy (non-hydrogen) atoms. The average molecular weight is 375 g/mol. The first-order valence-corrected chi connectivity index (χ1v) is 9.57. The zero-order valence-corrected chi connectivity index (χ0v) is 15.7. The van der Waals surface area contributed by atoms with Crippen LogP contribution in [-0.2, 0) is 11.3 Å². The van der Waals surface area contributed by atoms with Crippen LogP contribution in [0.4, 0.5) is 10.2 Å². The monoisotopic (exact) mass is 375 g/mol. The Morgan fingerprint density at radius 2 is 2.27 bits per heavy atom. The van der Waals surface area contributed by atoms with Gasteiger partial charge in [-0.25, -0.2) is 9.37 Å². The Hall–Kier alpha value is -2.12. The molecular formula is C19H22FN3O2S. The predicted octanol–water partition coefficient (Wildman–Crippen LogP) is 3.37. The summed E-state index contributed by atoms with van der Waals surface area (Å²) in [4.78, 5) is 19.5. The highest BCUT2D eigenvalue weighted by molar-refractivity contribution is 7.99. The topological polar surface area (TPSA) is 54.5 Å². The fraction of sp³-hybridized carbons (Fsp3) is 0.368. The highest BCUT2D eigenvalue weighted by Gasteiger charge is 2.21. The number of hydrogen-bond donors (Lipinski definition) is 1. The van der Waals surface area contributed by atoms with Crippen LogP contribution in [0.2, 0.25) is 0 Å². The van der Waals surface area contributed by atoms with Crippen molar-refractivity contribution in [3.8, 4) is 0 Å². The Morgan fingerprint density at radius 3 is 2.96 bits per heavy atom. The Morgan fingerprint density at radius 1 is 1.42 bits per heavy atom. The summed E-state index contributed by atoms with van der Waals surface area (Å²) in [6.45, 7) is 6.23. The van der Waals surface area contributed by atoms with Crippen molar-refractivity contribution in [2.45, 2.75) is 25.4 Å². The molecule has 1 amide bonds. The summed E-state index contributed by atoms with van der Waals surface area (Å²) in [5.74, 6) is 1.14. The summed E-state index contributed by atoms with van der Waals surface area (Å²) < 4.78 is 18.7. The quantitative estimate of drug-likeness (QED) is 0.785. The van der Waals surface area contributed by atoms with Crippen molar-refractivity contribution in [2.75, 3.05) is 30.5 Å². The Bertz CT molecular complexity index is 794. The van der Waals surface area contributed by atoms with Gasteiger partial charge in [-0.05, 0) is 42.0 Å². The highest BCUT2D eigenvalue weighted by Crippen LogP contribution is 2.28. The molecule has 1 aliphatic heterocycles. The number of nitrogens with zero attached hydrogens (tertiary/aromatic N) is 2. The van der Waals surface area contributed by atoms with E-state index in [1.165, 1.54) is 12.1 Å². The van der Waals surface area contributed by atoms with Gasteiger partial charge in [-0.15, -0.1) is 11.8 Å². The van der Waals surface area contributed by atoms with Crippen molar-refractivity contribution in [3.05, 3.63) is 52.8 Å². The van der Waals surface area contributed by atoms with Crippen LogP contribution in [0.5, 0.6) is 0 Å². The average Bonchev–Trinajstić information content (AvgIpc) is 3.14. The normalized spacial score (nSPS) is 13.9. The zero-order valence-electron chi connectivity index (χ0n) is 14.9. The maximum Gasteiger partial charge on any atom is 0.254 e. The van der Waals surface area contributed by atoms with Crippen molar-refractivity contribution in [3.63, 3.8) is 0 Å². The second kappa shape index (κ2) is 8.51. The molecule has 1 saturated heterocycles. The summed E-state index contributed by atoms with van der Waals surface area (Å²) in [5, 5.41) is 3.59. The Kier molecular flexibility index (Phi) is 6.11. The van der Waals surface area contributed by atoms with Crippen LogP contribution in [0, 0.1) is 12.7 Å². The number of rotatable bonds is 6. The standard InChI is InChI=1S/C19H22FN3O2S/c1-3-26-19-17(13(2)9-16(22-19)23-7-8-25-12-23)18(24)21-11-14-5-4-6-15(20)10-14/h4-6,9-10H,3,7-8,11-12H2,1-2H3,(H,21,24). The van der Waals surface area contributed by atoms with Crippen molar-refractivity contribution in [2.24, 2.45) is 0 Å². The van der Waals surface area contributed by atoms with Crippen LogP contribution in [0.25, 0.3) is 0 Å². The van der Waals surface area contributed by atoms with Gasteiger partial charge in [0.05, 0.1) is 12.2 Å². The first kappa shape index (κ1) is 18.7. The molecule has 0 saturated carbocycles. The lowest BCUT2D eigenvalue weighted by Gasteiger charge is -2.19. The second-order valence-corrected chi connectivity index (χ2v) is 7.28. The van der Waals surface area contributed by atoms with Gasteiger partial charge in [0.15, 0.2) is 0 Å². The molecular weight excluding hydrogens is 353 g/mol. The molecule has 0 bridgehead atoms. The van der Waals surface area contributed by atoms with Gasteiger partial charge >= 0.3 is 0 Å². The third-order valence-corrected chi connectivity index (χ3v) is 4.95. The molecule has 3 rings (SSSR count). The third kappa shape index (κ3) is 4.34. The molecule has 2 aromatic rings. The molecule has 0 radical (unpaired) electrons. The second-order valence-electron chi connectivity index (χ2n) is 6.02. The Balaban J connectivity index is 1.81. The predicted molar refractivity (Wildman–Crippen MR) is 101 cm³/mol. The number of nitrogens with one attached hydrogen (secondary N) is 1. The fourth-order valence-corrected chi connectivity index (χ4v) is 3.65.